The number of hydrogen-bond acceptors (Lipinski definition) is 2. The van der Waals surface area contributed by atoms with E-state index in [2.05, 4.69) is 18.9 Å². The van der Waals surface area contributed by atoms with Gasteiger partial charge in [0, 0.05) is 18.8 Å². The van der Waals surface area contributed by atoms with Gasteiger partial charge in [0.2, 0.25) is 0 Å². The Morgan fingerprint density at radius 3 is 2.85 bits per heavy atom. The molecule has 70 valence electrons. The number of benzene rings is 1. The lowest BCUT2D eigenvalue weighted by atomic mass is 10.0. The van der Waals surface area contributed by atoms with Crippen LogP contribution in [0.2, 0.25) is 0 Å². The van der Waals surface area contributed by atoms with E-state index in [-0.39, 0.29) is 0 Å². The van der Waals surface area contributed by atoms with Gasteiger partial charge < -0.3 is 10.0 Å². The number of phenolic OH excluding ortho intramolecular Hbond substituents is 1. The molecule has 0 fully saturated rings. The lowest BCUT2D eigenvalue weighted by Gasteiger charge is -2.18. The molecule has 1 aliphatic heterocycles. The third kappa shape index (κ3) is 1.09. The van der Waals surface area contributed by atoms with Gasteiger partial charge in [0.1, 0.15) is 5.75 Å². The van der Waals surface area contributed by atoms with Crippen LogP contribution < -0.4 is 4.90 Å². The zero-order chi connectivity index (χ0) is 9.59. The zero-order valence-electron chi connectivity index (χ0n) is 8.33. The summed E-state index contributed by atoms with van der Waals surface area (Å²) in [5, 5.41) is 9.54. The van der Waals surface area contributed by atoms with Crippen molar-refractivity contribution in [3.63, 3.8) is 0 Å². The van der Waals surface area contributed by atoms with Crippen molar-refractivity contribution in [1.29, 1.82) is 0 Å². The van der Waals surface area contributed by atoms with Crippen LogP contribution in [-0.4, -0.2) is 18.2 Å². The Labute approximate surface area is 78.8 Å². The Balaban J connectivity index is 2.57. The Bertz CT molecular complexity index is 346. The molecule has 0 radical (unpaired) electrons. The first-order valence-corrected chi connectivity index (χ1v) is 4.65. The fourth-order valence-corrected chi connectivity index (χ4v) is 1.99. The standard InChI is InChI=1S/C11H15NO/c1-7-6-9-8(2)11(13)5-4-10(9)12(7)3/h4-5,7,13H,6H2,1-3H3. The zero-order valence-corrected chi connectivity index (χ0v) is 8.33. The van der Waals surface area contributed by atoms with Crippen molar-refractivity contribution in [2.75, 3.05) is 11.9 Å². The summed E-state index contributed by atoms with van der Waals surface area (Å²) in [6, 6.07) is 4.33. The summed E-state index contributed by atoms with van der Waals surface area (Å²) >= 11 is 0. The Kier molecular flexibility index (Phi) is 1.72. The van der Waals surface area contributed by atoms with E-state index in [9.17, 15) is 5.11 Å². The summed E-state index contributed by atoms with van der Waals surface area (Å²) in [6.45, 7) is 4.19. The second kappa shape index (κ2) is 2.66. The fraction of sp³-hybridized carbons (Fsp3) is 0.455. The Morgan fingerprint density at radius 1 is 1.46 bits per heavy atom. The minimum Gasteiger partial charge on any atom is -0.508 e. The smallest absolute Gasteiger partial charge is 0.118 e. The topological polar surface area (TPSA) is 23.5 Å². The molecular formula is C11H15NO. The van der Waals surface area contributed by atoms with Gasteiger partial charge in [-0.1, -0.05) is 0 Å². The van der Waals surface area contributed by atoms with Crippen LogP contribution in [0, 0.1) is 6.92 Å². The molecule has 1 atom stereocenters. The predicted molar refractivity (Wildman–Crippen MR) is 54.4 cm³/mol. The maximum Gasteiger partial charge on any atom is 0.118 e. The molecule has 1 heterocycles. The summed E-state index contributed by atoms with van der Waals surface area (Å²) in [5.41, 5.74) is 3.60. The SMILES string of the molecule is Cc1c(O)ccc2c1CC(C)N2C. The van der Waals surface area contributed by atoms with Gasteiger partial charge in [-0.15, -0.1) is 0 Å². The van der Waals surface area contributed by atoms with E-state index in [0.717, 1.165) is 12.0 Å². The second-order valence-corrected chi connectivity index (χ2v) is 3.87. The number of nitrogens with zero attached hydrogens (tertiary/aromatic N) is 1. The molecule has 2 nitrogen and oxygen atoms in total. The molecule has 1 aliphatic rings. The molecule has 1 unspecified atom stereocenters. The minimum absolute atomic E-state index is 0.418. The van der Waals surface area contributed by atoms with Crippen LogP contribution in [0.4, 0.5) is 5.69 Å². The van der Waals surface area contributed by atoms with E-state index < -0.39 is 0 Å². The van der Waals surface area contributed by atoms with Gasteiger partial charge in [0.25, 0.3) is 0 Å². The van der Waals surface area contributed by atoms with Crippen molar-refractivity contribution in [2.45, 2.75) is 26.3 Å². The molecule has 13 heavy (non-hydrogen) atoms. The molecule has 1 N–H and O–H groups in total. The van der Waals surface area contributed by atoms with Crippen LogP contribution in [0.25, 0.3) is 0 Å². The Hall–Kier alpha value is -1.18. The number of likely N-dealkylation sites (N-methyl/N-ethyl adjacent to an activating group) is 1. The van der Waals surface area contributed by atoms with Crippen molar-refractivity contribution < 1.29 is 5.11 Å². The van der Waals surface area contributed by atoms with Gasteiger partial charge in [0.15, 0.2) is 0 Å². The van der Waals surface area contributed by atoms with Crippen LogP contribution >= 0.6 is 0 Å². The number of anilines is 1. The molecule has 1 aromatic carbocycles. The van der Waals surface area contributed by atoms with Gasteiger partial charge in [0.05, 0.1) is 0 Å². The number of rotatable bonds is 0. The first kappa shape index (κ1) is 8.42. The molecule has 0 aromatic heterocycles. The highest BCUT2D eigenvalue weighted by Gasteiger charge is 2.24. The molecule has 2 rings (SSSR count). The van der Waals surface area contributed by atoms with Gasteiger partial charge in [-0.05, 0) is 43.5 Å². The number of aromatic hydroxyl groups is 1. The third-order valence-corrected chi connectivity index (χ3v) is 3.09. The number of fused-ring (bicyclic) bond motifs is 1. The minimum atomic E-state index is 0.418. The van der Waals surface area contributed by atoms with Crippen molar-refractivity contribution in [2.24, 2.45) is 0 Å². The van der Waals surface area contributed by atoms with Gasteiger partial charge in [-0.25, -0.2) is 0 Å². The highest BCUT2D eigenvalue weighted by molar-refractivity contribution is 5.64. The van der Waals surface area contributed by atoms with Crippen molar-refractivity contribution in [1.82, 2.24) is 0 Å². The molecular weight excluding hydrogens is 162 g/mol. The van der Waals surface area contributed by atoms with Crippen molar-refractivity contribution in [3.05, 3.63) is 23.3 Å². The maximum absolute atomic E-state index is 9.54. The molecule has 0 saturated carbocycles. The lowest BCUT2D eigenvalue weighted by Crippen LogP contribution is -2.23. The van der Waals surface area contributed by atoms with Crippen molar-refractivity contribution >= 4 is 5.69 Å². The summed E-state index contributed by atoms with van der Waals surface area (Å²) in [4.78, 5) is 2.27. The molecule has 0 spiro atoms. The van der Waals surface area contributed by atoms with E-state index >= 15 is 0 Å². The van der Waals surface area contributed by atoms with Crippen LogP contribution in [0.5, 0.6) is 5.75 Å². The second-order valence-electron chi connectivity index (χ2n) is 3.87. The summed E-state index contributed by atoms with van der Waals surface area (Å²) in [7, 11) is 2.10. The van der Waals surface area contributed by atoms with E-state index in [1.165, 1.54) is 11.3 Å². The molecule has 0 saturated heterocycles. The fourth-order valence-electron chi connectivity index (χ4n) is 1.99. The Morgan fingerprint density at radius 2 is 2.15 bits per heavy atom. The summed E-state index contributed by atoms with van der Waals surface area (Å²) < 4.78 is 0. The first-order valence-electron chi connectivity index (χ1n) is 4.65. The normalized spacial score (nSPS) is 20.5. The van der Waals surface area contributed by atoms with Crippen molar-refractivity contribution in [3.8, 4) is 5.75 Å². The van der Waals surface area contributed by atoms with E-state index in [0.29, 0.717) is 11.8 Å². The number of hydrogen-bond donors (Lipinski definition) is 1. The van der Waals surface area contributed by atoms with Gasteiger partial charge in [-0.3, -0.25) is 0 Å². The van der Waals surface area contributed by atoms with E-state index in [1.807, 2.05) is 13.0 Å². The molecule has 0 bridgehead atoms. The highest BCUT2D eigenvalue weighted by atomic mass is 16.3. The molecule has 0 amide bonds. The summed E-state index contributed by atoms with van der Waals surface area (Å²) in [6.07, 6.45) is 1.05. The average Bonchev–Trinajstić information content (AvgIpc) is 2.38. The largest absolute Gasteiger partial charge is 0.508 e. The average molecular weight is 177 g/mol. The van der Waals surface area contributed by atoms with Crippen LogP contribution in [0.3, 0.4) is 0 Å². The quantitative estimate of drug-likeness (QED) is 0.656. The first-order chi connectivity index (χ1) is 6.11. The van der Waals surface area contributed by atoms with E-state index in [1.54, 1.807) is 6.07 Å². The number of phenols is 1. The third-order valence-electron chi connectivity index (χ3n) is 3.09. The molecule has 1 aromatic rings. The van der Waals surface area contributed by atoms with Gasteiger partial charge >= 0.3 is 0 Å². The molecule has 0 aliphatic carbocycles. The lowest BCUT2D eigenvalue weighted by molar-refractivity contribution is 0.470. The molecule has 2 heteroatoms. The van der Waals surface area contributed by atoms with Gasteiger partial charge in [-0.2, -0.15) is 0 Å². The van der Waals surface area contributed by atoms with Crippen LogP contribution in [-0.2, 0) is 6.42 Å². The monoisotopic (exact) mass is 177 g/mol. The highest BCUT2D eigenvalue weighted by Crippen LogP contribution is 2.36. The maximum atomic E-state index is 9.54. The van der Waals surface area contributed by atoms with Crippen LogP contribution in [0.15, 0.2) is 12.1 Å². The predicted octanol–water partition coefficient (Wildman–Crippen LogP) is 2.08. The van der Waals surface area contributed by atoms with E-state index in [4.69, 9.17) is 0 Å². The van der Waals surface area contributed by atoms with Crippen LogP contribution in [0.1, 0.15) is 18.1 Å². The summed E-state index contributed by atoms with van der Waals surface area (Å²) in [5.74, 6) is 0.418.